The van der Waals surface area contributed by atoms with Crippen LogP contribution in [0, 0.1) is 0 Å². The Labute approximate surface area is 108 Å². The normalized spacial score (nSPS) is 20.1. The van der Waals surface area contributed by atoms with E-state index in [9.17, 15) is 9.90 Å². The molecule has 1 fully saturated rings. The number of aliphatic hydroxyl groups is 1. The third-order valence-electron chi connectivity index (χ3n) is 3.59. The predicted molar refractivity (Wildman–Crippen MR) is 69.0 cm³/mol. The number of carbonyl (C=O) groups is 1. The molecule has 3 heteroatoms. The first-order valence-corrected chi connectivity index (χ1v) is 6.56. The fourth-order valence-electron chi connectivity index (χ4n) is 2.71. The van der Waals surface area contributed by atoms with Gasteiger partial charge < -0.3 is 9.84 Å². The molecule has 98 valence electrons. The molecule has 0 aliphatic heterocycles. The summed E-state index contributed by atoms with van der Waals surface area (Å²) >= 11 is 0. The molecule has 3 nitrogen and oxygen atoms in total. The van der Waals surface area contributed by atoms with Crippen LogP contribution in [0.4, 0.5) is 0 Å². The Morgan fingerprint density at radius 2 is 1.83 bits per heavy atom. The van der Waals surface area contributed by atoms with E-state index in [1.54, 1.807) is 0 Å². The van der Waals surface area contributed by atoms with Gasteiger partial charge in [-0.3, -0.25) is 4.79 Å². The summed E-state index contributed by atoms with van der Waals surface area (Å²) in [6.07, 6.45) is 3.96. The molecule has 0 bridgehead atoms. The van der Waals surface area contributed by atoms with E-state index in [0.717, 1.165) is 24.8 Å². The van der Waals surface area contributed by atoms with Gasteiger partial charge in [-0.15, -0.1) is 0 Å². The Hall–Kier alpha value is -1.35. The van der Waals surface area contributed by atoms with Crippen molar-refractivity contribution in [1.82, 2.24) is 0 Å². The number of hydrogen-bond donors (Lipinski definition) is 1. The summed E-state index contributed by atoms with van der Waals surface area (Å²) < 4.78 is 5.39. The van der Waals surface area contributed by atoms with E-state index in [4.69, 9.17) is 4.74 Å². The Morgan fingerprint density at radius 1 is 1.22 bits per heavy atom. The summed E-state index contributed by atoms with van der Waals surface area (Å²) in [5.41, 5.74) is -0.0391. The minimum absolute atomic E-state index is 0.345. The van der Waals surface area contributed by atoms with Crippen molar-refractivity contribution in [1.29, 1.82) is 0 Å². The molecule has 2 rings (SSSR count). The van der Waals surface area contributed by atoms with E-state index in [-0.39, 0.29) is 5.97 Å². The van der Waals surface area contributed by atoms with E-state index in [1.165, 1.54) is 6.92 Å². The molecule has 0 spiro atoms. The molecular weight excluding hydrogens is 228 g/mol. The third-order valence-corrected chi connectivity index (χ3v) is 3.59. The summed E-state index contributed by atoms with van der Waals surface area (Å²) in [5, 5.41) is 10.8. The van der Waals surface area contributed by atoms with Crippen LogP contribution in [0.15, 0.2) is 30.3 Å². The van der Waals surface area contributed by atoms with E-state index in [1.807, 2.05) is 30.3 Å². The van der Waals surface area contributed by atoms with Crippen molar-refractivity contribution in [3.63, 3.8) is 0 Å². The molecule has 1 atom stereocenters. The van der Waals surface area contributed by atoms with Crippen LogP contribution < -0.4 is 0 Å². The third kappa shape index (κ3) is 2.91. The van der Waals surface area contributed by atoms with Crippen molar-refractivity contribution >= 4 is 5.97 Å². The van der Waals surface area contributed by atoms with Crippen LogP contribution in [-0.2, 0) is 9.53 Å². The zero-order valence-corrected chi connectivity index (χ0v) is 10.8. The molecule has 1 aliphatic carbocycles. The topological polar surface area (TPSA) is 46.5 Å². The average molecular weight is 248 g/mol. The quantitative estimate of drug-likeness (QED) is 0.836. The molecule has 0 heterocycles. The second kappa shape index (κ2) is 5.53. The van der Waals surface area contributed by atoms with Gasteiger partial charge in [-0.05, 0) is 18.4 Å². The lowest BCUT2D eigenvalue weighted by atomic mass is 9.78. The van der Waals surface area contributed by atoms with Gasteiger partial charge in [0.15, 0.2) is 6.10 Å². The first-order chi connectivity index (χ1) is 8.62. The number of benzene rings is 1. The van der Waals surface area contributed by atoms with Crippen LogP contribution in [0.5, 0.6) is 0 Å². The summed E-state index contributed by atoms with van der Waals surface area (Å²) in [7, 11) is 0. The lowest BCUT2D eigenvalue weighted by Gasteiger charge is -2.38. The minimum atomic E-state index is -0.911. The Kier molecular flexibility index (Phi) is 4.02. The lowest BCUT2D eigenvalue weighted by Crippen LogP contribution is -2.40. The van der Waals surface area contributed by atoms with Crippen molar-refractivity contribution in [2.45, 2.75) is 50.7 Å². The maximum absolute atomic E-state index is 11.3. The predicted octanol–water partition coefficient (Wildman–Crippen LogP) is 2.99. The van der Waals surface area contributed by atoms with Gasteiger partial charge in [0.05, 0.1) is 0 Å². The van der Waals surface area contributed by atoms with E-state index < -0.39 is 11.7 Å². The zero-order chi connectivity index (χ0) is 13.0. The maximum atomic E-state index is 11.3. The summed E-state index contributed by atoms with van der Waals surface area (Å²) in [6, 6.07) is 9.52. The van der Waals surface area contributed by atoms with Crippen molar-refractivity contribution in [2.75, 3.05) is 0 Å². The van der Waals surface area contributed by atoms with E-state index in [0.29, 0.717) is 12.8 Å². The number of rotatable bonds is 3. The lowest BCUT2D eigenvalue weighted by molar-refractivity contribution is -0.168. The van der Waals surface area contributed by atoms with Crippen LogP contribution >= 0.6 is 0 Å². The highest BCUT2D eigenvalue weighted by atomic mass is 16.6. The molecular formula is C15H20O3. The highest BCUT2D eigenvalue weighted by molar-refractivity contribution is 5.66. The number of ether oxygens (including phenoxy) is 1. The van der Waals surface area contributed by atoms with Gasteiger partial charge in [0, 0.05) is 6.92 Å². The van der Waals surface area contributed by atoms with Crippen molar-refractivity contribution in [2.24, 2.45) is 0 Å². The van der Waals surface area contributed by atoms with Gasteiger partial charge >= 0.3 is 5.97 Å². The summed E-state index contributed by atoms with van der Waals surface area (Å²) in [6.45, 7) is 1.39. The molecule has 1 aliphatic rings. The van der Waals surface area contributed by atoms with Gasteiger partial charge in [-0.25, -0.2) is 0 Å². The van der Waals surface area contributed by atoms with Crippen LogP contribution in [0.25, 0.3) is 0 Å². The molecule has 18 heavy (non-hydrogen) atoms. The van der Waals surface area contributed by atoms with Crippen LogP contribution in [0.1, 0.15) is 50.7 Å². The van der Waals surface area contributed by atoms with Crippen molar-refractivity contribution in [3.05, 3.63) is 35.9 Å². The Balaban J connectivity index is 2.27. The first-order valence-electron chi connectivity index (χ1n) is 6.56. The number of esters is 1. The van der Waals surface area contributed by atoms with Crippen molar-refractivity contribution in [3.8, 4) is 0 Å². The van der Waals surface area contributed by atoms with E-state index >= 15 is 0 Å². The second-order valence-corrected chi connectivity index (χ2v) is 5.06. The van der Waals surface area contributed by atoms with Gasteiger partial charge in [-0.1, -0.05) is 49.6 Å². The van der Waals surface area contributed by atoms with Gasteiger partial charge in [0.1, 0.15) is 5.60 Å². The Morgan fingerprint density at radius 3 is 2.39 bits per heavy atom. The second-order valence-electron chi connectivity index (χ2n) is 5.06. The molecule has 1 unspecified atom stereocenters. The van der Waals surface area contributed by atoms with Crippen molar-refractivity contribution < 1.29 is 14.6 Å². The summed E-state index contributed by atoms with van der Waals surface area (Å²) in [5.74, 6) is -0.345. The largest absolute Gasteiger partial charge is 0.455 e. The molecule has 1 saturated carbocycles. The molecule has 1 N–H and O–H groups in total. The molecule has 0 saturated heterocycles. The average Bonchev–Trinajstić information content (AvgIpc) is 2.37. The van der Waals surface area contributed by atoms with Gasteiger partial charge in [0.2, 0.25) is 0 Å². The molecule has 1 aromatic rings. The Bertz CT molecular complexity index is 393. The van der Waals surface area contributed by atoms with Crippen LogP contribution in [-0.4, -0.2) is 16.7 Å². The molecule has 1 aromatic carbocycles. The highest BCUT2D eigenvalue weighted by Crippen LogP contribution is 2.40. The molecule has 0 aromatic heterocycles. The zero-order valence-electron chi connectivity index (χ0n) is 10.8. The minimum Gasteiger partial charge on any atom is -0.455 e. The monoisotopic (exact) mass is 248 g/mol. The van der Waals surface area contributed by atoms with Gasteiger partial charge in [-0.2, -0.15) is 0 Å². The van der Waals surface area contributed by atoms with Crippen LogP contribution in [0.3, 0.4) is 0 Å². The van der Waals surface area contributed by atoms with Crippen LogP contribution in [0.2, 0.25) is 0 Å². The molecule has 0 amide bonds. The number of carbonyl (C=O) groups excluding carboxylic acids is 1. The summed E-state index contributed by atoms with van der Waals surface area (Å²) in [4.78, 5) is 11.3. The molecule has 0 radical (unpaired) electrons. The van der Waals surface area contributed by atoms with E-state index in [2.05, 4.69) is 0 Å². The highest BCUT2D eigenvalue weighted by Gasteiger charge is 2.40. The fraction of sp³-hybridized carbons (Fsp3) is 0.533. The smallest absolute Gasteiger partial charge is 0.303 e. The van der Waals surface area contributed by atoms with Gasteiger partial charge in [0.25, 0.3) is 0 Å². The SMILES string of the molecule is CC(=O)OC(c1ccccc1)C1(O)CCCCC1. The fourth-order valence-corrected chi connectivity index (χ4v) is 2.71. The maximum Gasteiger partial charge on any atom is 0.303 e. The first kappa shape index (κ1) is 13.1. The number of hydrogen-bond acceptors (Lipinski definition) is 3. The standard InChI is InChI=1S/C15H20O3/c1-12(16)18-14(13-8-4-2-5-9-13)15(17)10-6-3-7-11-15/h2,4-5,8-9,14,17H,3,6-7,10-11H2,1H3.